The number of benzene rings is 2. The van der Waals surface area contributed by atoms with Crippen molar-refractivity contribution in [3.05, 3.63) is 94.8 Å². The van der Waals surface area contributed by atoms with E-state index in [9.17, 15) is 19.5 Å². The van der Waals surface area contributed by atoms with Crippen molar-refractivity contribution in [1.29, 1.82) is 0 Å². The average molecular weight is 485 g/mol. The molecule has 1 fully saturated rings. The van der Waals surface area contributed by atoms with Crippen LogP contribution in [0.2, 0.25) is 0 Å². The Kier molecular flexibility index (Phi) is 6.01. The molecule has 36 heavy (non-hydrogen) atoms. The lowest BCUT2D eigenvalue weighted by molar-refractivity contribution is -0.132. The zero-order chi connectivity index (χ0) is 25.4. The summed E-state index contributed by atoms with van der Waals surface area (Å²) in [6, 6.07) is 14.0. The van der Waals surface area contributed by atoms with Crippen LogP contribution in [-0.2, 0) is 20.7 Å². The fraction of sp³-hybridized carbons (Fsp3) is 0.214. The number of nitrogens with zero attached hydrogens (tertiary/aromatic N) is 2. The topological polar surface area (TPSA) is 106 Å². The van der Waals surface area contributed by atoms with E-state index in [1.165, 1.54) is 4.90 Å². The predicted molar refractivity (Wildman–Crippen MR) is 132 cm³/mol. The van der Waals surface area contributed by atoms with Crippen molar-refractivity contribution in [2.75, 3.05) is 11.5 Å². The Morgan fingerprint density at radius 3 is 2.44 bits per heavy atom. The number of Topliss-reactive ketones (excluding diaryl/α,β-unsaturated/α-hetero) is 1. The standard InChI is InChI=1S/C28H24N2O6/c1-16(2)36-28(34)18-3-6-21(7-4-18)30-24(17-9-12-29-13-10-17)23(26(32)27(30)33)25(31)20-5-8-22-19(15-20)11-14-35-22/h3-10,12-13,15-16,24,31H,11,14H2,1-2H3/b25-23-. The van der Waals surface area contributed by atoms with Gasteiger partial charge in [0.05, 0.1) is 29.9 Å². The molecule has 0 bridgehead atoms. The van der Waals surface area contributed by atoms with E-state index in [1.807, 2.05) is 0 Å². The number of fused-ring (bicyclic) bond motifs is 1. The first-order chi connectivity index (χ1) is 17.3. The van der Waals surface area contributed by atoms with Gasteiger partial charge in [-0.05, 0) is 79.6 Å². The van der Waals surface area contributed by atoms with E-state index in [2.05, 4.69) is 4.98 Å². The van der Waals surface area contributed by atoms with Crippen molar-refractivity contribution < 1.29 is 29.0 Å². The minimum atomic E-state index is -0.883. The van der Waals surface area contributed by atoms with E-state index in [0.717, 1.165) is 11.3 Å². The van der Waals surface area contributed by atoms with Crippen LogP contribution in [0.25, 0.3) is 5.76 Å². The molecule has 0 saturated carbocycles. The normalized spacial score (nSPS) is 18.3. The SMILES string of the molecule is CC(C)OC(=O)c1ccc(N2C(=O)C(=O)/C(=C(\O)c3ccc4c(c3)CCO4)C2c2ccncc2)cc1. The monoisotopic (exact) mass is 484 g/mol. The lowest BCUT2D eigenvalue weighted by atomic mass is 9.95. The predicted octanol–water partition coefficient (Wildman–Crippen LogP) is 4.21. The van der Waals surface area contributed by atoms with Crippen molar-refractivity contribution in [2.24, 2.45) is 0 Å². The van der Waals surface area contributed by atoms with Gasteiger partial charge in [-0.25, -0.2) is 4.79 Å². The zero-order valence-corrected chi connectivity index (χ0v) is 19.8. The largest absolute Gasteiger partial charge is 0.507 e. The van der Waals surface area contributed by atoms with E-state index < -0.39 is 23.7 Å². The van der Waals surface area contributed by atoms with E-state index in [0.29, 0.717) is 35.4 Å². The summed E-state index contributed by atoms with van der Waals surface area (Å²) in [5, 5.41) is 11.3. The summed E-state index contributed by atoms with van der Waals surface area (Å²) in [4.78, 5) is 44.2. The number of carbonyl (C=O) groups excluding carboxylic acids is 3. The van der Waals surface area contributed by atoms with Gasteiger partial charge in [0.1, 0.15) is 11.5 Å². The molecular formula is C28H24N2O6. The van der Waals surface area contributed by atoms with Crippen molar-refractivity contribution in [2.45, 2.75) is 32.4 Å². The molecule has 1 amide bonds. The summed E-state index contributed by atoms with van der Waals surface area (Å²) in [7, 11) is 0. The first kappa shape index (κ1) is 23.3. The van der Waals surface area contributed by atoms with Crippen molar-refractivity contribution in [3.63, 3.8) is 0 Å². The van der Waals surface area contributed by atoms with Gasteiger partial charge in [-0.3, -0.25) is 19.5 Å². The third-order valence-corrected chi connectivity index (χ3v) is 6.15. The molecule has 1 atom stereocenters. The number of carbonyl (C=O) groups is 3. The van der Waals surface area contributed by atoms with E-state index >= 15 is 0 Å². The van der Waals surface area contributed by atoms with Crippen LogP contribution in [0.5, 0.6) is 5.75 Å². The number of aliphatic hydroxyl groups excluding tert-OH is 1. The zero-order valence-electron chi connectivity index (χ0n) is 19.8. The maximum Gasteiger partial charge on any atom is 0.338 e. The first-order valence-corrected chi connectivity index (χ1v) is 11.6. The number of anilines is 1. The highest BCUT2D eigenvalue weighted by Gasteiger charge is 2.47. The van der Waals surface area contributed by atoms with Crippen molar-refractivity contribution in [1.82, 2.24) is 4.98 Å². The Morgan fingerprint density at radius 1 is 1.06 bits per heavy atom. The summed E-state index contributed by atoms with van der Waals surface area (Å²) in [6.07, 6.45) is 3.55. The van der Waals surface area contributed by atoms with Gasteiger partial charge in [-0.2, -0.15) is 0 Å². The second-order valence-electron chi connectivity index (χ2n) is 8.87. The fourth-order valence-electron chi connectivity index (χ4n) is 4.49. The molecule has 2 aliphatic rings. The van der Waals surface area contributed by atoms with Gasteiger partial charge in [-0.1, -0.05) is 0 Å². The molecule has 0 aliphatic carbocycles. The molecule has 0 radical (unpaired) electrons. The minimum Gasteiger partial charge on any atom is -0.507 e. The van der Waals surface area contributed by atoms with E-state index in [1.54, 1.807) is 80.8 Å². The lowest BCUT2D eigenvalue weighted by Gasteiger charge is -2.25. The van der Waals surface area contributed by atoms with Crippen LogP contribution < -0.4 is 9.64 Å². The van der Waals surface area contributed by atoms with Crippen LogP contribution in [0.1, 0.15) is 46.9 Å². The van der Waals surface area contributed by atoms with Crippen molar-refractivity contribution in [3.8, 4) is 5.75 Å². The number of amides is 1. The van der Waals surface area contributed by atoms with E-state index in [4.69, 9.17) is 9.47 Å². The third kappa shape index (κ3) is 4.11. The summed E-state index contributed by atoms with van der Waals surface area (Å²) < 4.78 is 10.8. The summed E-state index contributed by atoms with van der Waals surface area (Å²) in [5.74, 6) is -1.57. The summed E-state index contributed by atoms with van der Waals surface area (Å²) >= 11 is 0. The molecule has 2 aliphatic heterocycles. The maximum atomic E-state index is 13.3. The van der Waals surface area contributed by atoms with Crippen LogP contribution in [0, 0.1) is 0 Å². The van der Waals surface area contributed by atoms with Gasteiger partial charge >= 0.3 is 5.97 Å². The lowest BCUT2D eigenvalue weighted by Crippen LogP contribution is -2.29. The number of hydrogen-bond donors (Lipinski definition) is 1. The number of ether oxygens (including phenoxy) is 2. The highest BCUT2D eigenvalue weighted by atomic mass is 16.5. The highest BCUT2D eigenvalue weighted by molar-refractivity contribution is 6.51. The van der Waals surface area contributed by atoms with Crippen LogP contribution in [0.4, 0.5) is 5.69 Å². The van der Waals surface area contributed by atoms with Crippen LogP contribution in [0.15, 0.2) is 72.6 Å². The summed E-state index contributed by atoms with van der Waals surface area (Å²) in [6.45, 7) is 4.07. The molecule has 1 N–H and O–H groups in total. The van der Waals surface area contributed by atoms with Gasteiger partial charge in [0.2, 0.25) is 0 Å². The van der Waals surface area contributed by atoms with Crippen LogP contribution in [0.3, 0.4) is 0 Å². The highest BCUT2D eigenvalue weighted by Crippen LogP contribution is 2.42. The van der Waals surface area contributed by atoms with Gasteiger partial charge in [0, 0.05) is 30.1 Å². The van der Waals surface area contributed by atoms with Gasteiger partial charge in [0.25, 0.3) is 11.7 Å². The molecule has 1 saturated heterocycles. The molecule has 3 heterocycles. The van der Waals surface area contributed by atoms with Gasteiger partial charge in [-0.15, -0.1) is 0 Å². The first-order valence-electron chi connectivity index (χ1n) is 11.6. The molecule has 1 aromatic heterocycles. The number of ketones is 1. The third-order valence-electron chi connectivity index (χ3n) is 6.15. The number of aromatic nitrogens is 1. The Balaban J connectivity index is 1.60. The number of hydrogen-bond acceptors (Lipinski definition) is 7. The molecular weight excluding hydrogens is 460 g/mol. The number of aliphatic hydroxyl groups is 1. The average Bonchev–Trinajstić information content (AvgIpc) is 3.46. The molecule has 1 unspecified atom stereocenters. The Hall–Kier alpha value is -4.46. The fourth-order valence-corrected chi connectivity index (χ4v) is 4.49. The minimum absolute atomic E-state index is 0.0200. The van der Waals surface area contributed by atoms with Crippen molar-refractivity contribution >= 4 is 29.1 Å². The van der Waals surface area contributed by atoms with E-state index in [-0.39, 0.29) is 17.4 Å². The number of pyridine rings is 1. The molecule has 182 valence electrons. The molecule has 8 nitrogen and oxygen atoms in total. The van der Waals surface area contributed by atoms with Crippen LogP contribution >= 0.6 is 0 Å². The Bertz CT molecular complexity index is 1380. The quantitative estimate of drug-likeness (QED) is 0.250. The molecule has 8 heteroatoms. The Morgan fingerprint density at radius 2 is 1.75 bits per heavy atom. The number of esters is 1. The molecule has 2 aromatic carbocycles. The molecule has 3 aromatic rings. The molecule has 5 rings (SSSR count). The van der Waals surface area contributed by atoms with Crippen LogP contribution in [-0.4, -0.2) is 40.5 Å². The second kappa shape index (κ2) is 9.30. The van der Waals surface area contributed by atoms with Gasteiger partial charge < -0.3 is 14.6 Å². The Labute approximate surface area is 207 Å². The summed E-state index contributed by atoms with van der Waals surface area (Å²) in [5.41, 5.74) is 2.68. The maximum absolute atomic E-state index is 13.3. The molecule has 0 spiro atoms. The number of rotatable bonds is 5. The second-order valence-corrected chi connectivity index (χ2v) is 8.87. The smallest absolute Gasteiger partial charge is 0.338 e. The van der Waals surface area contributed by atoms with Gasteiger partial charge in [0.15, 0.2) is 0 Å².